The number of para-hydroxylation sites is 1. The topological polar surface area (TPSA) is 192 Å². The number of aromatic hydroxyl groups is 2. The zero-order valence-corrected chi connectivity index (χ0v) is 26.4. The lowest BCUT2D eigenvalue weighted by Gasteiger charge is -2.20. The van der Waals surface area contributed by atoms with Gasteiger partial charge in [0.2, 0.25) is 0 Å². The normalized spacial score (nSPS) is 10.8. The minimum atomic E-state index is -0.656. The van der Waals surface area contributed by atoms with E-state index >= 15 is 0 Å². The average molecular weight is 666 g/mol. The zero-order chi connectivity index (χ0) is 35.1. The van der Waals surface area contributed by atoms with Crippen molar-refractivity contribution in [2.75, 3.05) is 22.6 Å². The van der Waals surface area contributed by atoms with Crippen LogP contribution in [0.25, 0.3) is 0 Å². The van der Waals surface area contributed by atoms with Gasteiger partial charge in [-0.1, -0.05) is 18.2 Å². The van der Waals surface area contributed by atoms with Crippen molar-refractivity contribution < 1.29 is 45.0 Å². The van der Waals surface area contributed by atoms with Gasteiger partial charge in [0.25, 0.3) is 11.8 Å². The monoisotopic (exact) mass is 665 g/mol. The summed E-state index contributed by atoms with van der Waals surface area (Å²) >= 11 is 0. The van der Waals surface area contributed by atoms with Crippen LogP contribution in [-0.2, 0) is 26.4 Å². The number of carbonyl (C=O) groups excluding carboxylic acids is 2. The molecule has 0 unspecified atom stereocenters. The molecule has 0 saturated carbocycles. The Morgan fingerprint density at radius 1 is 0.612 bits per heavy atom. The number of nitrogens with zero attached hydrogens (tertiary/aromatic N) is 1. The Labute approximate surface area is 281 Å². The van der Waals surface area contributed by atoms with Crippen LogP contribution in [0.2, 0.25) is 0 Å². The number of amides is 2. The fraction of sp³-hybridized carbons (Fsp3) is 0.135. The molecular formula is C37H35N3O9. The molecule has 2 amide bonds. The van der Waals surface area contributed by atoms with E-state index in [4.69, 9.17) is 4.74 Å². The highest BCUT2D eigenvalue weighted by molar-refractivity contribution is 6.07. The standard InChI is InChI=1S/C37H35N3O9/c1-40(29-5-3-2-4-6-29)30-8-10-31(11-9-30)49-33-12-7-28(38-36(47)22-13-24(18-41)34(45)25(14-22)19-42)17-32(33)39-37(48)23-15-26(20-43)35(46)27(16-23)21-44/h2-17,41-46H,18-21H2,1H3,(H,38,47)(H,39,48). The van der Waals surface area contributed by atoms with E-state index in [2.05, 4.69) is 10.6 Å². The number of carbonyl (C=O) groups is 2. The van der Waals surface area contributed by atoms with Crippen LogP contribution in [0.5, 0.6) is 23.0 Å². The molecule has 0 aliphatic rings. The molecule has 0 aliphatic heterocycles. The van der Waals surface area contributed by atoms with Crippen LogP contribution in [0.4, 0.5) is 22.7 Å². The summed E-state index contributed by atoms with van der Waals surface area (Å²) in [7, 11) is 1.94. The molecular weight excluding hydrogens is 630 g/mol. The first-order valence-electron chi connectivity index (χ1n) is 15.1. The molecule has 0 fully saturated rings. The predicted octanol–water partition coefficient (Wildman–Crippen LogP) is 5.13. The molecule has 0 saturated heterocycles. The Morgan fingerprint density at radius 2 is 1.08 bits per heavy atom. The van der Waals surface area contributed by atoms with Crippen molar-refractivity contribution >= 4 is 34.6 Å². The highest BCUT2D eigenvalue weighted by atomic mass is 16.5. The first-order valence-corrected chi connectivity index (χ1v) is 15.1. The number of aliphatic hydroxyl groups is 4. The van der Waals surface area contributed by atoms with Crippen molar-refractivity contribution in [1.82, 2.24) is 0 Å². The summed E-state index contributed by atoms with van der Waals surface area (Å²) in [5.41, 5.74) is 2.62. The molecule has 0 bridgehead atoms. The molecule has 12 heteroatoms. The molecule has 5 rings (SSSR count). The smallest absolute Gasteiger partial charge is 0.255 e. The van der Waals surface area contributed by atoms with Crippen LogP contribution in [0.3, 0.4) is 0 Å². The summed E-state index contributed by atoms with van der Waals surface area (Å²) in [6.07, 6.45) is 0. The first kappa shape index (κ1) is 34.4. The van der Waals surface area contributed by atoms with E-state index in [0.717, 1.165) is 11.4 Å². The molecule has 252 valence electrons. The molecule has 12 nitrogen and oxygen atoms in total. The summed E-state index contributed by atoms with van der Waals surface area (Å²) in [6.45, 7) is -2.25. The van der Waals surface area contributed by atoms with Crippen molar-refractivity contribution in [3.63, 3.8) is 0 Å². The van der Waals surface area contributed by atoms with Gasteiger partial charge in [-0.2, -0.15) is 0 Å². The second-order valence-electron chi connectivity index (χ2n) is 11.0. The van der Waals surface area contributed by atoms with Gasteiger partial charge in [0.05, 0.1) is 32.1 Å². The van der Waals surface area contributed by atoms with E-state index in [-0.39, 0.29) is 62.0 Å². The van der Waals surface area contributed by atoms with E-state index in [9.17, 15) is 40.2 Å². The van der Waals surface area contributed by atoms with Gasteiger partial charge in [0.1, 0.15) is 17.2 Å². The van der Waals surface area contributed by atoms with Crippen LogP contribution >= 0.6 is 0 Å². The molecule has 0 aliphatic carbocycles. The van der Waals surface area contributed by atoms with Crippen LogP contribution in [0, 0.1) is 0 Å². The zero-order valence-electron chi connectivity index (χ0n) is 26.4. The Hall–Kier alpha value is -5.92. The molecule has 0 radical (unpaired) electrons. The highest BCUT2D eigenvalue weighted by Gasteiger charge is 2.19. The number of ether oxygens (including phenoxy) is 1. The van der Waals surface area contributed by atoms with Crippen molar-refractivity contribution in [1.29, 1.82) is 0 Å². The Morgan fingerprint density at radius 3 is 1.57 bits per heavy atom. The lowest BCUT2D eigenvalue weighted by atomic mass is 10.0. The predicted molar refractivity (Wildman–Crippen MR) is 183 cm³/mol. The van der Waals surface area contributed by atoms with Gasteiger partial charge in [-0.25, -0.2) is 0 Å². The molecule has 5 aromatic carbocycles. The quantitative estimate of drug-likeness (QED) is 0.0886. The van der Waals surface area contributed by atoms with E-state index in [1.807, 2.05) is 54.4 Å². The molecule has 0 spiro atoms. The van der Waals surface area contributed by atoms with Gasteiger partial charge in [-0.3, -0.25) is 9.59 Å². The molecule has 49 heavy (non-hydrogen) atoms. The van der Waals surface area contributed by atoms with Crippen molar-refractivity contribution in [2.24, 2.45) is 0 Å². The minimum Gasteiger partial charge on any atom is -0.507 e. The van der Waals surface area contributed by atoms with Crippen molar-refractivity contribution in [2.45, 2.75) is 26.4 Å². The molecule has 0 atom stereocenters. The second-order valence-corrected chi connectivity index (χ2v) is 11.0. The number of hydrogen-bond donors (Lipinski definition) is 8. The SMILES string of the molecule is CN(c1ccccc1)c1ccc(Oc2ccc(NC(=O)c3cc(CO)c(O)c(CO)c3)cc2NC(=O)c2cc(CO)c(O)c(CO)c2)cc1. The van der Waals surface area contributed by atoms with Crippen LogP contribution in [-0.4, -0.2) is 49.5 Å². The van der Waals surface area contributed by atoms with Gasteiger partial charge >= 0.3 is 0 Å². The fourth-order valence-electron chi connectivity index (χ4n) is 5.12. The van der Waals surface area contributed by atoms with E-state index < -0.39 is 38.2 Å². The van der Waals surface area contributed by atoms with E-state index in [1.165, 1.54) is 30.3 Å². The van der Waals surface area contributed by atoms with Gasteiger partial charge in [-0.05, 0) is 78.9 Å². The Kier molecular flexibility index (Phi) is 10.8. The molecule has 8 N–H and O–H groups in total. The first-order chi connectivity index (χ1) is 23.6. The number of anilines is 4. The van der Waals surface area contributed by atoms with E-state index in [1.54, 1.807) is 24.3 Å². The summed E-state index contributed by atoms with van der Waals surface area (Å²) in [6, 6.07) is 26.8. The number of rotatable bonds is 12. The molecule has 0 heterocycles. The van der Waals surface area contributed by atoms with Crippen molar-refractivity contribution in [3.8, 4) is 23.0 Å². The summed E-state index contributed by atoms with van der Waals surface area (Å²) < 4.78 is 6.16. The maximum Gasteiger partial charge on any atom is 0.255 e. The van der Waals surface area contributed by atoms with Crippen molar-refractivity contribution in [3.05, 3.63) is 130 Å². The van der Waals surface area contributed by atoms with Crippen LogP contribution < -0.4 is 20.3 Å². The number of hydrogen-bond acceptors (Lipinski definition) is 10. The highest BCUT2D eigenvalue weighted by Crippen LogP contribution is 2.35. The van der Waals surface area contributed by atoms with E-state index in [0.29, 0.717) is 5.75 Å². The number of benzene rings is 5. The number of nitrogens with one attached hydrogen (secondary N) is 2. The summed E-state index contributed by atoms with van der Waals surface area (Å²) in [5, 5.41) is 64.5. The lowest BCUT2D eigenvalue weighted by molar-refractivity contribution is 0.101. The van der Waals surface area contributed by atoms with Gasteiger partial charge in [0.15, 0.2) is 5.75 Å². The molecule has 0 aromatic heterocycles. The lowest BCUT2D eigenvalue weighted by Crippen LogP contribution is -2.16. The van der Waals surface area contributed by atoms with Gasteiger partial charge in [-0.15, -0.1) is 0 Å². The summed E-state index contributed by atoms with van der Waals surface area (Å²) in [4.78, 5) is 28.7. The fourth-order valence-corrected chi connectivity index (χ4v) is 5.12. The maximum atomic E-state index is 13.5. The average Bonchev–Trinajstić information content (AvgIpc) is 3.13. The van der Waals surface area contributed by atoms with Crippen LogP contribution in [0.15, 0.2) is 97.1 Å². The minimum absolute atomic E-state index is 0.0387. The van der Waals surface area contributed by atoms with Gasteiger partial charge < -0.3 is 50.9 Å². The number of aliphatic hydroxyl groups excluding tert-OH is 4. The Balaban J connectivity index is 1.46. The molecule has 5 aromatic rings. The third-order valence-corrected chi connectivity index (χ3v) is 7.82. The summed E-state index contributed by atoms with van der Waals surface area (Å²) in [5.74, 6) is -1.24. The third-order valence-electron chi connectivity index (χ3n) is 7.82. The third kappa shape index (κ3) is 7.80. The largest absolute Gasteiger partial charge is 0.507 e. The number of phenols is 2. The maximum absolute atomic E-state index is 13.5. The Bertz CT molecular complexity index is 1910. The van der Waals surface area contributed by atoms with Crippen LogP contribution in [0.1, 0.15) is 43.0 Å². The van der Waals surface area contributed by atoms with Gasteiger partial charge in [0, 0.05) is 57.5 Å². The second kappa shape index (κ2) is 15.3.